The van der Waals surface area contributed by atoms with E-state index in [1.807, 2.05) is 0 Å². The van der Waals surface area contributed by atoms with E-state index in [2.05, 4.69) is 25.2 Å². The van der Waals surface area contributed by atoms with Crippen LogP contribution in [-0.2, 0) is 0 Å². The van der Waals surface area contributed by atoms with Crippen LogP contribution < -0.4 is 5.32 Å². The molecule has 1 N–H and O–H groups in total. The van der Waals surface area contributed by atoms with Crippen LogP contribution in [0.4, 0.5) is 0 Å². The molecule has 0 amide bonds. The first-order valence-electron chi connectivity index (χ1n) is 7.29. The molecule has 0 aromatic carbocycles. The standard InChI is InChI=1S/C15H26N2/c1-14(2)10-6-7-11-15(14,12-16)17-13-8-4-3-5-9-13/h13,17H,3-11H2,1-2H3. The van der Waals surface area contributed by atoms with E-state index in [9.17, 15) is 5.26 Å². The van der Waals surface area contributed by atoms with Crippen molar-refractivity contribution in [3.05, 3.63) is 0 Å². The molecule has 0 spiro atoms. The van der Waals surface area contributed by atoms with Gasteiger partial charge in [-0.3, -0.25) is 5.32 Å². The first-order chi connectivity index (χ1) is 8.10. The fourth-order valence-electron chi connectivity index (χ4n) is 3.61. The molecule has 1 unspecified atom stereocenters. The molecule has 96 valence electrons. The molecule has 2 saturated carbocycles. The highest BCUT2D eigenvalue weighted by Crippen LogP contribution is 2.44. The third kappa shape index (κ3) is 2.50. The molecule has 2 aliphatic carbocycles. The Hall–Kier alpha value is -0.550. The SMILES string of the molecule is CC1(C)CCCCC1(C#N)NC1CCCCC1. The van der Waals surface area contributed by atoms with Gasteiger partial charge in [0.05, 0.1) is 6.07 Å². The second-order valence-electron chi connectivity index (χ2n) is 6.59. The smallest absolute Gasteiger partial charge is 0.112 e. The maximum absolute atomic E-state index is 9.70. The Kier molecular flexibility index (Phi) is 3.78. The first kappa shape index (κ1) is 12.9. The van der Waals surface area contributed by atoms with E-state index in [1.54, 1.807) is 0 Å². The normalized spacial score (nSPS) is 34.2. The van der Waals surface area contributed by atoms with Gasteiger partial charge in [-0.15, -0.1) is 0 Å². The summed E-state index contributed by atoms with van der Waals surface area (Å²) in [5.74, 6) is 0. The fourth-order valence-corrected chi connectivity index (χ4v) is 3.61. The fraction of sp³-hybridized carbons (Fsp3) is 0.933. The molecule has 17 heavy (non-hydrogen) atoms. The minimum Gasteiger partial charge on any atom is -0.296 e. The molecule has 2 nitrogen and oxygen atoms in total. The minimum atomic E-state index is -0.271. The van der Waals surface area contributed by atoms with Crippen LogP contribution in [0.2, 0.25) is 0 Å². The highest BCUT2D eigenvalue weighted by Gasteiger charge is 2.47. The van der Waals surface area contributed by atoms with E-state index in [4.69, 9.17) is 0 Å². The third-order valence-electron chi connectivity index (χ3n) is 5.01. The number of nitriles is 1. The molecular weight excluding hydrogens is 208 g/mol. The van der Waals surface area contributed by atoms with Gasteiger partial charge < -0.3 is 0 Å². The molecule has 2 heteroatoms. The van der Waals surface area contributed by atoms with Crippen LogP contribution in [0.3, 0.4) is 0 Å². The second-order valence-corrected chi connectivity index (χ2v) is 6.59. The first-order valence-corrected chi connectivity index (χ1v) is 7.29. The lowest BCUT2D eigenvalue weighted by Crippen LogP contribution is -2.60. The molecule has 0 bridgehead atoms. The van der Waals surface area contributed by atoms with Gasteiger partial charge in [-0.1, -0.05) is 46.0 Å². The van der Waals surface area contributed by atoms with Crippen LogP contribution in [0.15, 0.2) is 0 Å². The molecule has 0 saturated heterocycles. The van der Waals surface area contributed by atoms with Crippen molar-refractivity contribution in [1.29, 1.82) is 5.26 Å². The zero-order chi connectivity index (χ0) is 12.4. The van der Waals surface area contributed by atoms with Crippen molar-refractivity contribution in [2.24, 2.45) is 5.41 Å². The topological polar surface area (TPSA) is 35.8 Å². The average Bonchev–Trinajstić information content (AvgIpc) is 2.33. The van der Waals surface area contributed by atoms with E-state index in [0.29, 0.717) is 6.04 Å². The Labute approximate surface area is 106 Å². The van der Waals surface area contributed by atoms with Gasteiger partial charge in [-0.25, -0.2) is 0 Å². The lowest BCUT2D eigenvalue weighted by atomic mass is 9.63. The van der Waals surface area contributed by atoms with Crippen molar-refractivity contribution in [3.8, 4) is 6.07 Å². The molecule has 1 atom stereocenters. The van der Waals surface area contributed by atoms with E-state index < -0.39 is 0 Å². The van der Waals surface area contributed by atoms with Crippen LogP contribution in [0.1, 0.15) is 71.6 Å². The zero-order valence-electron chi connectivity index (χ0n) is 11.4. The van der Waals surface area contributed by atoms with Crippen LogP contribution in [0.25, 0.3) is 0 Å². The van der Waals surface area contributed by atoms with Gasteiger partial charge >= 0.3 is 0 Å². The highest BCUT2D eigenvalue weighted by atomic mass is 15.0. The van der Waals surface area contributed by atoms with Gasteiger partial charge in [-0.2, -0.15) is 5.26 Å². The number of hydrogen-bond donors (Lipinski definition) is 1. The predicted molar refractivity (Wildman–Crippen MR) is 70.6 cm³/mol. The molecule has 0 aromatic rings. The Morgan fingerprint density at radius 3 is 2.24 bits per heavy atom. The molecule has 0 heterocycles. The number of rotatable bonds is 2. The number of hydrogen-bond acceptors (Lipinski definition) is 2. The number of nitrogens with one attached hydrogen (secondary N) is 1. The third-order valence-corrected chi connectivity index (χ3v) is 5.01. The van der Waals surface area contributed by atoms with Crippen LogP contribution in [-0.4, -0.2) is 11.6 Å². The molecule has 0 aromatic heterocycles. The second kappa shape index (κ2) is 4.98. The van der Waals surface area contributed by atoms with Gasteiger partial charge in [-0.05, 0) is 31.1 Å². The summed E-state index contributed by atoms with van der Waals surface area (Å²) in [6.45, 7) is 4.54. The van der Waals surface area contributed by atoms with E-state index in [0.717, 1.165) is 6.42 Å². The van der Waals surface area contributed by atoms with Crippen molar-refractivity contribution < 1.29 is 0 Å². The Morgan fingerprint density at radius 1 is 1.00 bits per heavy atom. The Balaban J connectivity index is 2.10. The molecule has 0 aliphatic heterocycles. The van der Waals surface area contributed by atoms with Crippen LogP contribution in [0, 0.1) is 16.7 Å². The maximum atomic E-state index is 9.70. The average molecular weight is 234 g/mol. The highest BCUT2D eigenvalue weighted by molar-refractivity contribution is 5.17. The molecular formula is C15H26N2. The maximum Gasteiger partial charge on any atom is 0.112 e. The summed E-state index contributed by atoms with van der Waals surface area (Å²) in [5, 5.41) is 13.4. The summed E-state index contributed by atoms with van der Waals surface area (Å²) in [7, 11) is 0. The predicted octanol–water partition coefficient (Wildman–Crippen LogP) is 3.77. The van der Waals surface area contributed by atoms with Crippen molar-refractivity contribution >= 4 is 0 Å². The van der Waals surface area contributed by atoms with Gasteiger partial charge in [0.2, 0.25) is 0 Å². The van der Waals surface area contributed by atoms with Gasteiger partial charge in [0.25, 0.3) is 0 Å². The van der Waals surface area contributed by atoms with E-state index in [-0.39, 0.29) is 11.0 Å². The van der Waals surface area contributed by atoms with Gasteiger partial charge in [0, 0.05) is 6.04 Å². The summed E-state index contributed by atoms with van der Waals surface area (Å²) in [6.07, 6.45) is 11.3. The zero-order valence-corrected chi connectivity index (χ0v) is 11.4. The van der Waals surface area contributed by atoms with Gasteiger partial charge in [0.15, 0.2) is 0 Å². The van der Waals surface area contributed by atoms with E-state index >= 15 is 0 Å². The van der Waals surface area contributed by atoms with Crippen molar-refractivity contribution in [1.82, 2.24) is 5.32 Å². The van der Waals surface area contributed by atoms with Gasteiger partial charge in [0.1, 0.15) is 5.54 Å². The summed E-state index contributed by atoms with van der Waals surface area (Å²) in [6, 6.07) is 3.23. The Bertz CT molecular complexity index is 297. The molecule has 2 fully saturated rings. The van der Waals surface area contributed by atoms with Crippen LogP contribution >= 0.6 is 0 Å². The quantitative estimate of drug-likeness (QED) is 0.789. The summed E-state index contributed by atoms with van der Waals surface area (Å²) >= 11 is 0. The summed E-state index contributed by atoms with van der Waals surface area (Å²) < 4.78 is 0. The summed E-state index contributed by atoms with van der Waals surface area (Å²) in [5.41, 5.74) is -0.148. The molecule has 0 radical (unpaired) electrons. The largest absolute Gasteiger partial charge is 0.296 e. The molecule has 2 aliphatic rings. The van der Waals surface area contributed by atoms with Crippen LogP contribution in [0.5, 0.6) is 0 Å². The minimum absolute atomic E-state index is 0.122. The summed E-state index contributed by atoms with van der Waals surface area (Å²) in [4.78, 5) is 0. The monoisotopic (exact) mass is 234 g/mol. The van der Waals surface area contributed by atoms with Crippen molar-refractivity contribution in [2.75, 3.05) is 0 Å². The molecule has 2 rings (SSSR count). The van der Waals surface area contributed by atoms with E-state index in [1.165, 1.54) is 51.4 Å². The Morgan fingerprint density at radius 2 is 1.65 bits per heavy atom. The lowest BCUT2D eigenvalue weighted by molar-refractivity contribution is 0.0908. The number of nitrogens with zero attached hydrogens (tertiary/aromatic N) is 1. The van der Waals surface area contributed by atoms with Crippen molar-refractivity contribution in [2.45, 2.75) is 83.2 Å². The lowest BCUT2D eigenvalue weighted by Gasteiger charge is -2.48. The van der Waals surface area contributed by atoms with Crippen molar-refractivity contribution in [3.63, 3.8) is 0 Å².